The van der Waals surface area contributed by atoms with E-state index in [-0.39, 0.29) is 52.4 Å². The first-order valence-corrected chi connectivity index (χ1v) is 11.4. The van der Waals surface area contributed by atoms with Gasteiger partial charge in [0.05, 0.1) is 17.1 Å². The number of hydrogen-bond donors (Lipinski definition) is 0. The van der Waals surface area contributed by atoms with Crippen molar-refractivity contribution in [2.75, 3.05) is 4.90 Å². The van der Waals surface area contributed by atoms with Gasteiger partial charge in [0, 0.05) is 11.0 Å². The number of para-hydroxylation sites is 2. The summed E-state index contributed by atoms with van der Waals surface area (Å²) in [6.45, 7) is 0.0938. The van der Waals surface area contributed by atoms with E-state index in [0.717, 1.165) is 5.41 Å². The van der Waals surface area contributed by atoms with Crippen LogP contribution in [0.5, 0.6) is 0 Å². The van der Waals surface area contributed by atoms with Crippen LogP contribution in [0.2, 0.25) is 0 Å². The molecule has 0 radical (unpaired) electrons. The molecule has 0 aromatic heterocycles. The van der Waals surface area contributed by atoms with Gasteiger partial charge in [0.2, 0.25) is 5.91 Å². The Bertz CT molecular complexity index is 1400. The van der Waals surface area contributed by atoms with Gasteiger partial charge in [0.1, 0.15) is 11.7 Å². The normalized spacial score (nSPS) is 18.4. The molecule has 2 heterocycles. The zero-order valence-corrected chi connectivity index (χ0v) is 20.4. The molecular weight excluding hydrogens is 454 g/mol. The Labute approximate surface area is 212 Å². The number of fused-ring (bicyclic) bond motifs is 2. The van der Waals surface area contributed by atoms with E-state index < -0.39 is 33.3 Å². The molecule has 0 N–H and O–H groups in total. The van der Waals surface area contributed by atoms with Crippen molar-refractivity contribution in [1.29, 1.82) is 0 Å². The number of ketones is 1. The minimum absolute atomic E-state index is 0. The van der Waals surface area contributed by atoms with Gasteiger partial charge in [0.15, 0.2) is 15.6 Å². The number of carbonyl (C=O) groups excluding carboxylic acids is 2. The van der Waals surface area contributed by atoms with Gasteiger partial charge in [-0.05, 0) is 35.9 Å². The Morgan fingerprint density at radius 3 is 2.33 bits per heavy atom. The van der Waals surface area contributed by atoms with Crippen LogP contribution >= 0.6 is 0 Å². The monoisotopic (exact) mass is 470 g/mol. The van der Waals surface area contributed by atoms with Gasteiger partial charge in [-0.3, -0.25) is 9.59 Å². The fourth-order valence-corrected chi connectivity index (χ4v) is 5.27. The summed E-state index contributed by atoms with van der Waals surface area (Å²) < 4.78 is 38.9. The summed E-state index contributed by atoms with van der Waals surface area (Å²) in [5.74, 6) is -2.89. The molecule has 0 spiro atoms. The quantitative estimate of drug-likeness (QED) is 0.429. The Morgan fingerprint density at radius 2 is 1.58 bits per heavy atom. The number of benzene rings is 3. The molecule has 5 rings (SSSR count). The molecule has 2 aliphatic rings. The average Bonchev–Trinajstić information content (AvgIpc) is 2.78. The van der Waals surface area contributed by atoms with Crippen molar-refractivity contribution >= 4 is 32.9 Å². The Hall–Kier alpha value is -2.78. The largest absolute Gasteiger partial charge is 1.00 e. The van der Waals surface area contributed by atoms with Gasteiger partial charge < -0.3 is 10.2 Å². The van der Waals surface area contributed by atoms with Crippen molar-refractivity contribution in [2.45, 2.75) is 11.4 Å². The SMILES string of the molecule is O=C1c2ccccc2N(Cc2ccc(F)cc2)C(=O)C1C1=CS(=O)(=O)c2ccccc2[N-]1.[Na+]. The molecule has 1 amide bonds. The number of amides is 1. The fourth-order valence-electron chi connectivity index (χ4n) is 3.97. The minimum Gasteiger partial charge on any atom is -0.659 e. The second kappa shape index (κ2) is 8.87. The van der Waals surface area contributed by atoms with Crippen LogP contribution in [0.3, 0.4) is 0 Å². The number of nitrogens with zero attached hydrogens (tertiary/aromatic N) is 2. The van der Waals surface area contributed by atoms with Crippen molar-refractivity contribution in [3.63, 3.8) is 0 Å². The van der Waals surface area contributed by atoms with Crippen LogP contribution < -0.4 is 34.5 Å². The van der Waals surface area contributed by atoms with Crippen LogP contribution in [0, 0.1) is 11.7 Å². The molecule has 160 valence electrons. The minimum atomic E-state index is -3.87. The van der Waals surface area contributed by atoms with E-state index in [1.165, 1.54) is 29.2 Å². The Kier molecular flexibility index (Phi) is 6.28. The van der Waals surface area contributed by atoms with Crippen molar-refractivity contribution in [3.05, 3.63) is 106 Å². The summed E-state index contributed by atoms with van der Waals surface area (Å²) in [5.41, 5.74) is 1.45. The molecule has 9 heteroatoms. The first-order chi connectivity index (χ1) is 15.3. The molecule has 1 atom stereocenters. The van der Waals surface area contributed by atoms with Crippen LogP contribution in [-0.4, -0.2) is 20.1 Å². The topological polar surface area (TPSA) is 85.6 Å². The molecule has 33 heavy (non-hydrogen) atoms. The van der Waals surface area contributed by atoms with Crippen molar-refractivity contribution in [1.82, 2.24) is 0 Å². The molecule has 0 fully saturated rings. The maximum absolute atomic E-state index is 13.5. The standard InChI is InChI=1S/C24H16FN2O4S.Na/c25-16-11-9-15(10-12-16)13-27-20-7-3-1-5-17(20)23(28)22(24(27)29)19-14-32(30,31)21-8-4-2-6-18(21)26-19;/h1-12,14,22H,13H2;/q-1;+1. The van der Waals surface area contributed by atoms with E-state index in [4.69, 9.17) is 0 Å². The molecule has 0 aliphatic carbocycles. The van der Waals surface area contributed by atoms with Crippen LogP contribution in [0.15, 0.2) is 88.8 Å². The number of halogens is 1. The first kappa shape index (κ1) is 23.4. The van der Waals surface area contributed by atoms with Gasteiger partial charge in [-0.15, -0.1) is 11.4 Å². The van der Waals surface area contributed by atoms with E-state index in [2.05, 4.69) is 5.32 Å². The summed E-state index contributed by atoms with van der Waals surface area (Å²) in [7, 11) is -3.87. The third kappa shape index (κ3) is 4.15. The molecule has 2 aliphatic heterocycles. The molecule has 3 aromatic rings. The number of carbonyl (C=O) groups is 2. The summed E-state index contributed by atoms with van der Waals surface area (Å²) in [6, 6.07) is 18.5. The maximum atomic E-state index is 13.5. The third-order valence-corrected chi connectivity index (χ3v) is 6.99. The van der Waals surface area contributed by atoms with Gasteiger partial charge >= 0.3 is 29.6 Å². The molecule has 6 nitrogen and oxygen atoms in total. The number of sulfone groups is 1. The molecule has 1 unspecified atom stereocenters. The van der Waals surface area contributed by atoms with Crippen LogP contribution in [0.25, 0.3) is 5.32 Å². The second-order valence-electron chi connectivity index (χ2n) is 7.53. The predicted octanol–water partition coefficient (Wildman–Crippen LogP) is 1.51. The van der Waals surface area contributed by atoms with Crippen molar-refractivity contribution in [3.8, 4) is 0 Å². The van der Waals surface area contributed by atoms with Crippen molar-refractivity contribution < 1.29 is 52.0 Å². The van der Waals surface area contributed by atoms with E-state index in [9.17, 15) is 22.4 Å². The Balaban J connectivity index is 0.00000259. The van der Waals surface area contributed by atoms with Gasteiger partial charge in [-0.25, -0.2) is 12.8 Å². The summed E-state index contributed by atoms with van der Waals surface area (Å²) in [6.07, 6.45) is 0. The number of Topliss-reactive ketones (excluding diaryl/α,β-unsaturated/α-hetero) is 1. The zero-order chi connectivity index (χ0) is 22.5. The smallest absolute Gasteiger partial charge is 0.659 e. The molecular formula is C24H16FN2NaO4S. The maximum Gasteiger partial charge on any atom is 1.00 e. The van der Waals surface area contributed by atoms with Crippen LogP contribution in [0.1, 0.15) is 15.9 Å². The van der Waals surface area contributed by atoms with Crippen LogP contribution in [0.4, 0.5) is 15.8 Å². The average molecular weight is 470 g/mol. The van der Waals surface area contributed by atoms with Gasteiger partial charge in [-0.2, -0.15) is 0 Å². The number of rotatable bonds is 3. The zero-order valence-electron chi connectivity index (χ0n) is 17.6. The molecule has 3 aromatic carbocycles. The number of hydrogen-bond acceptors (Lipinski definition) is 4. The summed E-state index contributed by atoms with van der Waals surface area (Å²) >= 11 is 0. The van der Waals surface area contributed by atoms with E-state index in [1.807, 2.05) is 0 Å². The fraction of sp³-hybridized carbons (Fsp3) is 0.0833. The second-order valence-corrected chi connectivity index (χ2v) is 9.30. The van der Waals surface area contributed by atoms with E-state index in [1.54, 1.807) is 48.5 Å². The first-order valence-electron chi connectivity index (χ1n) is 9.82. The summed E-state index contributed by atoms with van der Waals surface area (Å²) in [5, 5.41) is 5.26. The van der Waals surface area contributed by atoms with Gasteiger partial charge in [0.25, 0.3) is 0 Å². The molecule has 0 saturated heterocycles. The van der Waals surface area contributed by atoms with Crippen molar-refractivity contribution in [2.24, 2.45) is 5.92 Å². The number of anilines is 1. The third-order valence-electron chi connectivity index (χ3n) is 5.48. The van der Waals surface area contributed by atoms with Crippen LogP contribution in [-0.2, 0) is 21.2 Å². The van der Waals surface area contributed by atoms with E-state index in [0.29, 0.717) is 16.8 Å². The summed E-state index contributed by atoms with van der Waals surface area (Å²) in [4.78, 5) is 28.3. The Morgan fingerprint density at radius 1 is 0.909 bits per heavy atom. The predicted molar refractivity (Wildman–Crippen MR) is 117 cm³/mol. The van der Waals surface area contributed by atoms with E-state index >= 15 is 0 Å². The molecule has 0 saturated carbocycles. The molecule has 0 bridgehead atoms. The van der Waals surface area contributed by atoms with Gasteiger partial charge in [-0.1, -0.05) is 42.5 Å².